The molecule has 3 fully saturated rings. The van der Waals surface area contributed by atoms with E-state index in [9.17, 15) is 4.79 Å². The number of benzene rings is 3. The van der Waals surface area contributed by atoms with Gasteiger partial charge in [0, 0.05) is 22.0 Å². The van der Waals surface area contributed by atoms with Gasteiger partial charge in [-0.3, -0.25) is 4.79 Å². The first-order valence-electron chi connectivity index (χ1n) is 14.1. The molecule has 1 aromatic heterocycles. The van der Waals surface area contributed by atoms with E-state index in [4.69, 9.17) is 26.1 Å². The molecule has 6 atom stereocenters. The minimum absolute atomic E-state index is 0.0779. The maximum absolute atomic E-state index is 14.0. The quantitative estimate of drug-likeness (QED) is 0.288. The van der Waals surface area contributed by atoms with Gasteiger partial charge in [0.2, 0.25) is 5.91 Å². The molecule has 40 heavy (non-hydrogen) atoms. The number of carbonyl (C=O) groups excluding carboxylic acids is 1. The monoisotopic (exact) mass is 554 g/mol. The molecule has 204 valence electrons. The number of aromatic nitrogens is 2. The lowest BCUT2D eigenvalue weighted by molar-refractivity contribution is -0.145. The molecular formula is C32H31ClN4O3. The van der Waals surface area contributed by atoms with Crippen LogP contribution in [-0.2, 0) is 16.1 Å². The summed E-state index contributed by atoms with van der Waals surface area (Å²) in [6, 6.07) is 14.3. The topological polar surface area (TPSA) is 79.5 Å². The van der Waals surface area contributed by atoms with E-state index < -0.39 is 0 Å². The lowest BCUT2D eigenvalue weighted by atomic mass is 9.78. The van der Waals surface area contributed by atoms with Crippen molar-refractivity contribution in [1.29, 1.82) is 0 Å². The number of ether oxygens (including phenoxy) is 2. The van der Waals surface area contributed by atoms with Crippen LogP contribution < -0.4 is 10.1 Å². The van der Waals surface area contributed by atoms with Crippen LogP contribution in [0.25, 0.3) is 32.9 Å². The summed E-state index contributed by atoms with van der Waals surface area (Å²) in [4.78, 5) is 24.9. The molecule has 8 heteroatoms. The van der Waals surface area contributed by atoms with Crippen LogP contribution in [0.2, 0.25) is 5.02 Å². The molecule has 3 aromatic carbocycles. The summed E-state index contributed by atoms with van der Waals surface area (Å²) in [5.74, 6) is 3.45. The fourth-order valence-corrected chi connectivity index (χ4v) is 8.20. The third-order valence-corrected chi connectivity index (χ3v) is 10.1. The molecule has 3 unspecified atom stereocenters. The van der Waals surface area contributed by atoms with Crippen molar-refractivity contribution in [2.24, 2.45) is 17.8 Å². The molecule has 0 bridgehead atoms. The van der Waals surface area contributed by atoms with Gasteiger partial charge in [-0.2, -0.15) is 0 Å². The summed E-state index contributed by atoms with van der Waals surface area (Å²) in [5, 5.41) is 6.13. The molecule has 1 saturated carbocycles. The Morgan fingerprint density at radius 1 is 1.20 bits per heavy atom. The van der Waals surface area contributed by atoms with Gasteiger partial charge >= 0.3 is 0 Å². The number of nitrogens with one attached hydrogen (secondary N) is 2. The first-order chi connectivity index (χ1) is 19.4. The summed E-state index contributed by atoms with van der Waals surface area (Å²) in [5.41, 5.74) is 5.20. The number of carbonyl (C=O) groups is 1. The number of aromatic amines is 1. The normalized spacial score (nSPS) is 28.3. The van der Waals surface area contributed by atoms with Gasteiger partial charge in [-0.1, -0.05) is 30.7 Å². The van der Waals surface area contributed by atoms with Crippen molar-refractivity contribution in [3.63, 3.8) is 0 Å². The van der Waals surface area contributed by atoms with Crippen molar-refractivity contribution < 1.29 is 14.3 Å². The van der Waals surface area contributed by atoms with Crippen LogP contribution in [0.15, 0.2) is 54.9 Å². The summed E-state index contributed by atoms with van der Waals surface area (Å²) in [7, 11) is 1.58. The van der Waals surface area contributed by atoms with Crippen molar-refractivity contribution >= 4 is 39.3 Å². The molecule has 4 aliphatic rings. The highest BCUT2D eigenvalue weighted by Gasteiger charge is 2.58. The van der Waals surface area contributed by atoms with Crippen molar-refractivity contribution in [2.75, 3.05) is 7.11 Å². The van der Waals surface area contributed by atoms with E-state index in [0.29, 0.717) is 29.3 Å². The van der Waals surface area contributed by atoms with Crippen LogP contribution in [0, 0.1) is 17.8 Å². The summed E-state index contributed by atoms with van der Waals surface area (Å²) >= 11 is 6.23. The highest BCUT2D eigenvalue weighted by atomic mass is 35.5. The van der Waals surface area contributed by atoms with E-state index >= 15 is 0 Å². The number of piperidine rings is 1. The molecule has 2 N–H and O–H groups in total. The van der Waals surface area contributed by atoms with Gasteiger partial charge in [-0.05, 0) is 90.4 Å². The average molecular weight is 555 g/mol. The first kappa shape index (κ1) is 24.1. The van der Waals surface area contributed by atoms with E-state index in [1.807, 2.05) is 12.1 Å². The lowest BCUT2D eigenvalue weighted by Gasteiger charge is -2.45. The standard InChI is InChI=1S/C32H31ClN4O3/c1-15-21-7-4-18-12-26(37(30(18)21)32(38)28(15)34-16(2)39-3)31-35-25-9-5-17-11-24-22-8-6-20(33)10-19(22)14-40-27(24)13-23(17)29(25)36-31/h5-6,8-11,13,15,18,21,26,28,30,34H,2,4,7,12,14H2,1,3H3,(H,35,36)/t15?,18-,21?,26?,28-,30+/m0/s1. The van der Waals surface area contributed by atoms with Gasteiger partial charge < -0.3 is 24.7 Å². The summed E-state index contributed by atoms with van der Waals surface area (Å²) < 4.78 is 11.5. The molecule has 4 aromatic rings. The average Bonchev–Trinajstić information content (AvgIpc) is 3.67. The molecule has 1 aliphatic carbocycles. The maximum Gasteiger partial charge on any atom is 0.246 e. The van der Waals surface area contributed by atoms with Gasteiger partial charge in [0.05, 0.1) is 24.2 Å². The molecular weight excluding hydrogens is 524 g/mol. The van der Waals surface area contributed by atoms with Crippen LogP contribution in [-0.4, -0.2) is 40.0 Å². The molecule has 0 radical (unpaired) electrons. The second kappa shape index (κ2) is 8.64. The molecule has 0 spiro atoms. The number of H-pyrrole nitrogens is 1. The Bertz CT molecular complexity index is 1730. The van der Waals surface area contributed by atoms with E-state index in [2.05, 4.69) is 59.0 Å². The van der Waals surface area contributed by atoms with Gasteiger partial charge in [0.25, 0.3) is 0 Å². The van der Waals surface area contributed by atoms with Crippen LogP contribution in [0.5, 0.6) is 5.75 Å². The Labute approximate surface area is 237 Å². The molecule has 4 heterocycles. The maximum atomic E-state index is 14.0. The van der Waals surface area contributed by atoms with Gasteiger partial charge in [0.1, 0.15) is 24.2 Å². The minimum atomic E-state index is -0.348. The second-order valence-corrected chi connectivity index (χ2v) is 12.3. The Morgan fingerprint density at radius 2 is 2.08 bits per heavy atom. The second-order valence-electron chi connectivity index (χ2n) is 11.8. The van der Waals surface area contributed by atoms with E-state index in [0.717, 1.165) is 69.3 Å². The third kappa shape index (κ3) is 3.36. The molecule has 7 nitrogen and oxygen atoms in total. The van der Waals surface area contributed by atoms with Crippen molar-refractivity contribution in [2.45, 2.75) is 50.9 Å². The van der Waals surface area contributed by atoms with Gasteiger partial charge in [0.15, 0.2) is 5.88 Å². The summed E-state index contributed by atoms with van der Waals surface area (Å²) in [6.45, 7) is 6.61. The number of hydrogen-bond acceptors (Lipinski definition) is 5. The number of halogens is 1. The van der Waals surface area contributed by atoms with Crippen molar-refractivity contribution in [3.05, 3.63) is 71.3 Å². The number of imidazole rings is 1. The largest absolute Gasteiger partial charge is 0.488 e. The zero-order chi connectivity index (χ0) is 27.3. The van der Waals surface area contributed by atoms with Crippen LogP contribution in [0.3, 0.4) is 0 Å². The van der Waals surface area contributed by atoms with E-state index in [1.165, 1.54) is 0 Å². The van der Waals surface area contributed by atoms with E-state index in [1.54, 1.807) is 7.11 Å². The van der Waals surface area contributed by atoms with Gasteiger partial charge in [-0.15, -0.1) is 0 Å². The Kier molecular flexibility index (Phi) is 5.21. The number of nitrogens with zero attached hydrogens (tertiary/aromatic N) is 2. The highest BCUT2D eigenvalue weighted by Crippen LogP contribution is 2.55. The zero-order valence-corrected chi connectivity index (χ0v) is 23.3. The fraction of sp³-hybridized carbons (Fsp3) is 0.375. The van der Waals surface area contributed by atoms with Crippen LogP contribution in [0.1, 0.15) is 43.6 Å². The molecule has 3 aliphatic heterocycles. The predicted octanol–water partition coefficient (Wildman–Crippen LogP) is 6.32. The van der Waals surface area contributed by atoms with Crippen LogP contribution in [0.4, 0.5) is 0 Å². The smallest absolute Gasteiger partial charge is 0.246 e. The van der Waals surface area contributed by atoms with Crippen LogP contribution >= 0.6 is 11.6 Å². The number of amides is 1. The zero-order valence-electron chi connectivity index (χ0n) is 22.5. The number of rotatable bonds is 4. The fourth-order valence-electron chi connectivity index (χ4n) is 8.00. The minimum Gasteiger partial charge on any atom is -0.488 e. The lowest BCUT2D eigenvalue weighted by Crippen LogP contribution is -2.60. The van der Waals surface area contributed by atoms with Crippen molar-refractivity contribution in [1.82, 2.24) is 20.2 Å². The summed E-state index contributed by atoms with van der Waals surface area (Å²) in [6.07, 6.45) is 3.24. The Hall–Kier alpha value is -3.71. The Balaban J connectivity index is 1.20. The van der Waals surface area contributed by atoms with E-state index in [-0.39, 0.29) is 30.0 Å². The molecule has 1 amide bonds. The molecule has 2 saturated heterocycles. The SMILES string of the molecule is C=C(N[C@@H]1C(=O)N2C(c3nc4c(ccc5cc6c(cc54)OCc4cc(Cl)ccc4-6)[nH]3)C[C@@H]3CCC(C1C)[C@@H]32)OC. The Morgan fingerprint density at radius 3 is 2.92 bits per heavy atom. The van der Waals surface area contributed by atoms with Gasteiger partial charge in [-0.25, -0.2) is 4.98 Å². The predicted molar refractivity (Wildman–Crippen MR) is 155 cm³/mol. The highest BCUT2D eigenvalue weighted by molar-refractivity contribution is 6.30. The van der Waals surface area contributed by atoms with Crippen molar-refractivity contribution in [3.8, 4) is 16.9 Å². The number of hydrogen-bond donors (Lipinski definition) is 2. The number of fused-ring (bicyclic) bond motifs is 6. The molecule has 8 rings (SSSR count). The first-order valence-corrected chi connectivity index (χ1v) is 14.5. The number of methoxy groups -OCH3 is 1. The third-order valence-electron chi connectivity index (χ3n) is 9.90.